The number of carbonyl (C=O) groups is 2. The molecule has 2 heterocycles. The molecule has 194 valence electrons. The number of sulfonamides is 1. The SMILES string of the molecule is C[C@@H]1CN(c2ccc(C(=O)NCCC(=O)ONS(=O)(=O)c3ccccc3)cc2)CCN1c1ncccn1. The number of aromatic nitrogens is 2. The molecule has 1 saturated heterocycles. The van der Waals surface area contributed by atoms with E-state index in [4.69, 9.17) is 0 Å². The Morgan fingerprint density at radius 1 is 1.00 bits per heavy atom. The second-order valence-corrected chi connectivity index (χ2v) is 10.1. The van der Waals surface area contributed by atoms with Crippen molar-refractivity contribution >= 4 is 33.5 Å². The zero-order valence-electron chi connectivity index (χ0n) is 20.3. The van der Waals surface area contributed by atoms with Crippen molar-refractivity contribution in [3.8, 4) is 0 Å². The van der Waals surface area contributed by atoms with E-state index in [1.165, 1.54) is 12.1 Å². The van der Waals surface area contributed by atoms with Gasteiger partial charge in [-0.2, -0.15) is 0 Å². The van der Waals surface area contributed by atoms with Crippen molar-refractivity contribution in [1.29, 1.82) is 0 Å². The van der Waals surface area contributed by atoms with Crippen molar-refractivity contribution < 1.29 is 22.8 Å². The molecular formula is C25H28N6O5S. The third kappa shape index (κ3) is 6.80. The van der Waals surface area contributed by atoms with E-state index < -0.39 is 16.0 Å². The Kier molecular flexibility index (Phi) is 8.31. The quantitative estimate of drug-likeness (QED) is 0.402. The molecule has 2 aromatic carbocycles. The molecule has 3 aromatic rings. The zero-order valence-corrected chi connectivity index (χ0v) is 21.1. The lowest BCUT2D eigenvalue weighted by atomic mass is 10.1. The first-order valence-electron chi connectivity index (χ1n) is 11.8. The largest absolute Gasteiger partial charge is 0.368 e. The molecule has 1 fully saturated rings. The van der Waals surface area contributed by atoms with Crippen LogP contribution in [0.5, 0.6) is 0 Å². The second kappa shape index (κ2) is 11.8. The van der Waals surface area contributed by atoms with E-state index in [0.717, 1.165) is 31.3 Å². The van der Waals surface area contributed by atoms with Gasteiger partial charge in [-0.15, -0.1) is 0 Å². The Morgan fingerprint density at radius 3 is 2.38 bits per heavy atom. The molecule has 1 atom stereocenters. The Bertz CT molecular complexity index is 1310. The summed E-state index contributed by atoms with van der Waals surface area (Å²) in [6, 6.07) is 16.8. The van der Waals surface area contributed by atoms with Gasteiger partial charge in [0.1, 0.15) is 0 Å². The van der Waals surface area contributed by atoms with Crippen molar-refractivity contribution in [3.63, 3.8) is 0 Å². The Balaban J connectivity index is 1.21. The fourth-order valence-corrected chi connectivity index (χ4v) is 4.75. The fourth-order valence-electron chi connectivity index (χ4n) is 3.93. The molecule has 0 bridgehead atoms. The smallest absolute Gasteiger partial charge is 0.327 e. The summed E-state index contributed by atoms with van der Waals surface area (Å²) in [5.74, 6) is -0.438. The summed E-state index contributed by atoms with van der Waals surface area (Å²) >= 11 is 0. The lowest BCUT2D eigenvalue weighted by Gasteiger charge is -2.41. The molecule has 1 aliphatic rings. The number of amides is 1. The molecule has 4 rings (SSSR count). The molecule has 0 radical (unpaired) electrons. The predicted molar refractivity (Wildman–Crippen MR) is 137 cm³/mol. The van der Waals surface area contributed by atoms with E-state index in [1.54, 1.807) is 53.7 Å². The van der Waals surface area contributed by atoms with Crippen LogP contribution in [0.2, 0.25) is 0 Å². The number of hydrogen-bond donors (Lipinski definition) is 2. The Labute approximate surface area is 215 Å². The summed E-state index contributed by atoms with van der Waals surface area (Å²) in [6.45, 7) is 4.49. The van der Waals surface area contributed by atoms with Crippen LogP contribution in [-0.2, 0) is 19.7 Å². The minimum atomic E-state index is -3.97. The monoisotopic (exact) mass is 524 g/mol. The van der Waals surface area contributed by atoms with Crippen molar-refractivity contribution in [1.82, 2.24) is 20.2 Å². The molecule has 1 amide bonds. The van der Waals surface area contributed by atoms with E-state index in [1.807, 2.05) is 12.1 Å². The van der Waals surface area contributed by atoms with Crippen molar-refractivity contribution in [2.24, 2.45) is 0 Å². The minimum Gasteiger partial charge on any atom is -0.368 e. The van der Waals surface area contributed by atoms with Gasteiger partial charge in [0.2, 0.25) is 5.95 Å². The Hall–Kier alpha value is -4.03. The molecule has 0 saturated carbocycles. The number of nitrogens with zero attached hydrogens (tertiary/aromatic N) is 4. The second-order valence-electron chi connectivity index (χ2n) is 8.46. The molecule has 0 unspecified atom stereocenters. The number of carbonyl (C=O) groups excluding carboxylic acids is 2. The zero-order chi connectivity index (χ0) is 26.3. The van der Waals surface area contributed by atoms with E-state index in [-0.39, 0.29) is 29.8 Å². The summed E-state index contributed by atoms with van der Waals surface area (Å²) in [4.78, 5) is 43.8. The first kappa shape index (κ1) is 26.0. The van der Waals surface area contributed by atoms with Gasteiger partial charge in [0.25, 0.3) is 15.9 Å². The van der Waals surface area contributed by atoms with E-state index in [2.05, 4.69) is 36.8 Å². The van der Waals surface area contributed by atoms with Crippen molar-refractivity contribution in [2.45, 2.75) is 24.3 Å². The molecule has 37 heavy (non-hydrogen) atoms. The number of hydrogen-bond acceptors (Lipinski definition) is 9. The summed E-state index contributed by atoms with van der Waals surface area (Å²) in [6.07, 6.45) is 3.28. The number of benzene rings is 2. The van der Waals surface area contributed by atoms with Crippen LogP contribution >= 0.6 is 0 Å². The molecule has 0 aliphatic carbocycles. The summed E-state index contributed by atoms with van der Waals surface area (Å²) in [7, 11) is -3.97. The average molecular weight is 525 g/mol. The highest BCUT2D eigenvalue weighted by molar-refractivity contribution is 7.89. The summed E-state index contributed by atoms with van der Waals surface area (Å²) in [5, 5.41) is 2.64. The maximum absolute atomic E-state index is 12.5. The predicted octanol–water partition coefficient (Wildman–Crippen LogP) is 1.75. The van der Waals surface area contributed by atoms with Crippen LogP contribution in [0, 0.1) is 0 Å². The molecule has 12 heteroatoms. The van der Waals surface area contributed by atoms with E-state index in [0.29, 0.717) is 5.56 Å². The van der Waals surface area contributed by atoms with E-state index in [9.17, 15) is 18.0 Å². The maximum Gasteiger partial charge on any atom is 0.327 e. The van der Waals surface area contributed by atoms with Gasteiger partial charge in [-0.05, 0) is 54.3 Å². The number of nitrogens with one attached hydrogen (secondary N) is 2. The van der Waals surface area contributed by atoms with Gasteiger partial charge < -0.3 is 20.0 Å². The molecular weight excluding hydrogens is 496 g/mol. The minimum absolute atomic E-state index is 0.00643. The van der Waals surface area contributed by atoms with Gasteiger partial charge in [-0.1, -0.05) is 18.2 Å². The third-order valence-corrected chi connectivity index (χ3v) is 7.06. The first-order chi connectivity index (χ1) is 17.8. The lowest BCUT2D eigenvalue weighted by Crippen LogP contribution is -2.52. The summed E-state index contributed by atoms with van der Waals surface area (Å²) in [5.41, 5.74) is 1.46. The topological polar surface area (TPSA) is 134 Å². The highest BCUT2D eigenvalue weighted by Crippen LogP contribution is 2.22. The first-order valence-corrected chi connectivity index (χ1v) is 13.3. The van der Waals surface area contributed by atoms with Crippen molar-refractivity contribution in [2.75, 3.05) is 36.0 Å². The van der Waals surface area contributed by atoms with Crippen LogP contribution in [0.3, 0.4) is 0 Å². The van der Waals surface area contributed by atoms with Crippen LogP contribution in [-0.4, -0.2) is 62.5 Å². The van der Waals surface area contributed by atoms with Crippen molar-refractivity contribution in [3.05, 3.63) is 78.6 Å². The average Bonchev–Trinajstić information content (AvgIpc) is 2.93. The number of piperazine rings is 1. The van der Waals surface area contributed by atoms with Gasteiger partial charge in [0.05, 0.1) is 11.3 Å². The highest BCUT2D eigenvalue weighted by Gasteiger charge is 2.25. The standard InChI is InChI=1S/C25H28N6O5S/c1-19-18-30(16-17-31(19)25-27-13-5-14-28-25)21-10-8-20(9-11-21)24(33)26-15-12-23(32)36-29-37(34,35)22-6-3-2-4-7-22/h2-11,13-14,19,29H,12,15-18H2,1H3,(H,26,33)/t19-/m1/s1. The number of anilines is 2. The van der Waals surface area contributed by atoms with Gasteiger partial charge >= 0.3 is 5.97 Å². The maximum atomic E-state index is 12.5. The highest BCUT2D eigenvalue weighted by atomic mass is 32.2. The normalized spacial score (nSPS) is 15.8. The van der Waals surface area contributed by atoms with Crippen LogP contribution < -0.4 is 20.0 Å². The molecule has 11 nitrogen and oxygen atoms in total. The lowest BCUT2D eigenvalue weighted by molar-refractivity contribution is -0.146. The van der Waals surface area contributed by atoms with Crippen LogP contribution in [0.1, 0.15) is 23.7 Å². The van der Waals surface area contributed by atoms with Gasteiger partial charge in [-0.25, -0.2) is 18.4 Å². The van der Waals surface area contributed by atoms with E-state index >= 15 is 0 Å². The Morgan fingerprint density at radius 2 is 1.70 bits per heavy atom. The molecule has 1 aromatic heterocycles. The van der Waals surface area contributed by atoms with Crippen LogP contribution in [0.15, 0.2) is 78.0 Å². The summed E-state index contributed by atoms with van der Waals surface area (Å²) < 4.78 is 24.2. The van der Waals surface area contributed by atoms with Gasteiger partial charge in [-0.3, -0.25) is 9.59 Å². The van der Waals surface area contributed by atoms with Crippen LogP contribution in [0.4, 0.5) is 11.6 Å². The molecule has 1 aliphatic heterocycles. The van der Waals surface area contributed by atoms with Gasteiger partial charge in [0.15, 0.2) is 0 Å². The number of rotatable bonds is 9. The van der Waals surface area contributed by atoms with Crippen LogP contribution in [0.25, 0.3) is 0 Å². The third-order valence-electron chi connectivity index (χ3n) is 5.86. The van der Waals surface area contributed by atoms with Gasteiger partial charge in [0, 0.05) is 55.9 Å². The molecule has 2 N–H and O–H groups in total. The fraction of sp³-hybridized carbons (Fsp3) is 0.280. The molecule has 0 spiro atoms.